The molecule has 0 atom stereocenters. The van der Waals surface area contributed by atoms with Gasteiger partial charge in [0.15, 0.2) is 0 Å². The molecule has 0 aliphatic rings. The number of halogens is 2. The van der Waals surface area contributed by atoms with Gasteiger partial charge < -0.3 is 10.6 Å². The van der Waals surface area contributed by atoms with Crippen LogP contribution >= 0.6 is 0 Å². The minimum Gasteiger partial charge on any atom is -0.339 e. The molecule has 0 unspecified atom stereocenters. The molecule has 3 nitrogen and oxygen atoms in total. The van der Waals surface area contributed by atoms with Crippen molar-refractivity contribution < 1.29 is 13.6 Å². The molecule has 0 radical (unpaired) electrons. The van der Waals surface area contributed by atoms with Crippen LogP contribution in [0.5, 0.6) is 0 Å². The summed E-state index contributed by atoms with van der Waals surface area (Å²) in [5.41, 5.74) is 5.15. The van der Waals surface area contributed by atoms with Gasteiger partial charge in [-0.05, 0) is 38.4 Å². The van der Waals surface area contributed by atoms with E-state index < -0.39 is 23.1 Å². The molecule has 0 saturated carbocycles. The Kier molecular flexibility index (Phi) is 5.22. The molecule has 1 rings (SSSR count). The molecule has 0 saturated heterocycles. The highest BCUT2D eigenvalue weighted by molar-refractivity contribution is 5.95. The number of hydrogen-bond acceptors (Lipinski definition) is 2. The lowest BCUT2D eigenvalue weighted by atomic mass is 10.1. The fraction of sp³-hybridized carbons (Fsp3) is 0.462. The van der Waals surface area contributed by atoms with Crippen molar-refractivity contribution in [3.63, 3.8) is 0 Å². The Hall–Kier alpha value is -1.49. The van der Waals surface area contributed by atoms with E-state index in [-0.39, 0.29) is 5.56 Å². The first-order valence-electron chi connectivity index (χ1n) is 5.96. The van der Waals surface area contributed by atoms with Gasteiger partial charge in [0.25, 0.3) is 5.91 Å². The lowest BCUT2D eigenvalue weighted by Crippen LogP contribution is -2.34. The van der Waals surface area contributed by atoms with E-state index in [1.54, 1.807) is 6.92 Å². The highest BCUT2D eigenvalue weighted by atomic mass is 19.1. The third kappa shape index (κ3) is 3.04. The first-order valence-corrected chi connectivity index (χ1v) is 5.96. The third-order valence-electron chi connectivity index (χ3n) is 2.80. The molecular weight excluding hydrogens is 238 g/mol. The molecule has 0 bridgehead atoms. The Morgan fingerprint density at radius 3 is 2.61 bits per heavy atom. The predicted molar refractivity (Wildman–Crippen MR) is 66.3 cm³/mol. The molecule has 0 aliphatic heterocycles. The molecule has 2 N–H and O–H groups in total. The third-order valence-corrected chi connectivity index (χ3v) is 2.80. The van der Waals surface area contributed by atoms with Crippen LogP contribution in [0.25, 0.3) is 0 Å². The second kappa shape index (κ2) is 6.44. The predicted octanol–water partition coefficient (Wildman–Crippen LogP) is 2.08. The molecule has 0 aliphatic carbocycles. The van der Waals surface area contributed by atoms with Crippen LogP contribution < -0.4 is 5.73 Å². The molecule has 0 fully saturated rings. The van der Waals surface area contributed by atoms with E-state index in [2.05, 4.69) is 0 Å². The molecule has 0 spiro atoms. The van der Waals surface area contributed by atoms with Gasteiger partial charge in [0.1, 0.15) is 17.2 Å². The van der Waals surface area contributed by atoms with Crippen molar-refractivity contribution in [2.45, 2.75) is 20.3 Å². The summed E-state index contributed by atoms with van der Waals surface area (Å²) in [7, 11) is 0. The lowest BCUT2D eigenvalue weighted by molar-refractivity contribution is 0.0753. The van der Waals surface area contributed by atoms with Gasteiger partial charge in [-0.3, -0.25) is 4.79 Å². The number of hydrogen-bond donors (Lipinski definition) is 1. The number of rotatable bonds is 5. The van der Waals surface area contributed by atoms with Crippen LogP contribution in [0, 0.1) is 18.6 Å². The van der Waals surface area contributed by atoms with Gasteiger partial charge in [-0.2, -0.15) is 0 Å². The molecule has 5 heteroatoms. The quantitative estimate of drug-likeness (QED) is 0.876. The summed E-state index contributed by atoms with van der Waals surface area (Å²) in [4.78, 5) is 13.5. The smallest absolute Gasteiger partial charge is 0.259 e. The fourth-order valence-electron chi connectivity index (χ4n) is 1.70. The maximum atomic E-state index is 13.8. The minimum absolute atomic E-state index is 0.259. The molecular formula is C13H18F2N2O. The topological polar surface area (TPSA) is 46.3 Å². The van der Waals surface area contributed by atoms with Crippen LogP contribution in [-0.4, -0.2) is 30.4 Å². The normalized spacial score (nSPS) is 10.5. The molecule has 18 heavy (non-hydrogen) atoms. The standard InChI is InChI=1S/C13H18F2N2O/c1-3-17(8-4-7-16)13(18)11-10(14)6-5-9(2)12(11)15/h5-6H,3-4,7-8,16H2,1-2H3. The van der Waals surface area contributed by atoms with Gasteiger partial charge >= 0.3 is 0 Å². The molecule has 100 valence electrons. The molecule has 0 aromatic heterocycles. The second-order valence-electron chi connectivity index (χ2n) is 4.08. The van der Waals surface area contributed by atoms with Gasteiger partial charge in [0.05, 0.1) is 0 Å². The zero-order chi connectivity index (χ0) is 13.7. The van der Waals surface area contributed by atoms with Crippen LogP contribution in [0.1, 0.15) is 29.3 Å². The maximum Gasteiger partial charge on any atom is 0.259 e. The first-order chi connectivity index (χ1) is 8.52. The van der Waals surface area contributed by atoms with Crippen LogP contribution in [0.3, 0.4) is 0 Å². The summed E-state index contributed by atoms with van der Waals surface area (Å²) in [5.74, 6) is -2.23. The van der Waals surface area contributed by atoms with Crippen molar-refractivity contribution in [1.82, 2.24) is 4.90 Å². The number of benzene rings is 1. The van der Waals surface area contributed by atoms with E-state index in [0.29, 0.717) is 26.1 Å². The first kappa shape index (κ1) is 14.6. The molecule has 1 aromatic rings. The van der Waals surface area contributed by atoms with E-state index in [0.717, 1.165) is 6.07 Å². The number of aryl methyl sites for hydroxylation is 1. The van der Waals surface area contributed by atoms with Gasteiger partial charge in [0, 0.05) is 13.1 Å². The number of nitrogens with two attached hydrogens (primary N) is 1. The van der Waals surface area contributed by atoms with Gasteiger partial charge in [-0.1, -0.05) is 6.07 Å². The lowest BCUT2D eigenvalue weighted by Gasteiger charge is -2.21. The van der Waals surface area contributed by atoms with Crippen molar-refractivity contribution in [1.29, 1.82) is 0 Å². The summed E-state index contributed by atoms with van der Waals surface area (Å²) in [5, 5.41) is 0. The average Bonchev–Trinajstić information content (AvgIpc) is 2.35. The SMILES string of the molecule is CCN(CCCN)C(=O)c1c(F)ccc(C)c1F. The average molecular weight is 256 g/mol. The molecule has 1 amide bonds. The maximum absolute atomic E-state index is 13.8. The Morgan fingerprint density at radius 2 is 2.06 bits per heavy atom. The summed E-state index contributed by atoms with van der Waals surface area (Å²) >= 11 is 0. The number of amides is 1. The van der Waals surface area contributed by atoms with E-state index >= 15 is 0 Å². The summed E-state index contributed by atoms with van der Waals surface area (Å²) < 4.78 is 27.4. The van der Waals surface area contributed by atoms with Crippen LogP contribution in [0.2, 0.25) is 0 Å². The van der Waals surface area contributed by atoms with Crippen molar-refractivity contribution in [3.05, 3.63) is 34.9 Å². The highest BCUT2D eigenvalue weighted by Gasteiger charge is 2.23. The number of carbonyl (C=O) groups is 1. The van der Waals surface area contributed by atoms with Crippen molar-refractivity contribution in [3.8, 4) is 0 Å². The number of nitrogens with zero attached hydrogens (tertiary/aromatic N) is 1. The number of carbonyl (C=O) groups excluding carboxylic acids is 1. The van der Waals surface area contributed by atoms with Crippen LogP contribution in [0.4, 0.5) is 8.78 Å². The van der Waals surface area contributed by atoms with E-state index in [4.69, 9.17) is 5.73 Å². The van der Waals surface area contributed by atoms with Crippen LogP contribution in [0.15, 0.2) is 12.1 Å². The monoisotopic (exact) mass is 256 g/mol. The highest BCUT2D eigenvalue weighted by Crippen LogP contribution is 2.18. The van der Waals surface area contributed by atoms with Gasteiger partial charge in [-0.25, -0.2) is 8.78 Å². The van der Waals surface area contributed by atoms with Gasteiger partial charge in [-0.15, -0.1) is 0 Å². The van der Waals surface area contributed by atoms with E-state index in [1.165, 1.54) is 17.9 Å². The summed E-state index contributed by atoms with van der Waals surface area (Å²) in [6.45, 7) is 4.49. The van der Waals surface area contributed by atoms with Crippen molar-refractivity contribution in [2.24, 2.45) is 5.73 Å². The Bertz CT molecular complexity index is 435. The minimum atomic E-state index is -0.825. The van der Waals surface area contributed by atoms with Crippen molar-refractivity contribution >= 4 is 5.91 Å². The fourth-order valence-corrected chi connectivity index (χ4v) is 1.70. The largest absolute Gasteiger partial charge is 0.339 e. The molecule has 0 heterocycles. The Morgan fingerprint density at radius 1 is 1.39 bits per heavy atom. The van der Waals surface area contributed by atoms with Crippen LogP contribution in [-0.2, 0) is 0 Å². The zero-order valence-corrected chi connectivity index (χ0v) is 10.7. The van der Waals surface area contributed by atoms with E-state index in [9.17, 15) is 13.6 Å². The van der Waals surface area contributed by atoms with E-state index in [1.807, 2.05) is 0 Å². The zero-order valence-electron chi connectivity index (χ0n) is 10.7. The summed E-state index contributed by atoms with van der Waals surface area (Å²) in [6.07, 6.45) is 0.606. The Labute approximate surface area is 106 Å². The van der Waals surface area contributed by atoms with Gasteiger partial charge in [0.2, 0.25) is 0 Å². The molecule has 1 aromatic carbocycles. The van der Waals surface area contributed by atoms with Crippen molar-refractivity contribution in [2.75, 3.05) is 19.6 Å². The second-order valence-corrected chi connectivity index (χ2v) is 4.08. The summed E-state index contributed by atoms with van der Waals surface area (Å²) in [6, 6.07) is 2.43. The Balaban J connectivity index is 3.05.